The Morgan fingerprint density at radius 2 is 0.661 bits per heavy atom. The molecule has 13 heteroatoms. The zero-order valence-corrected chi connectivity index (χ0v) is 30.5. The molecule has 0 spiro atoms. The van der Waals surface area contributed by atoms with E-state index in [4.69, 9.17) is 11.5 Å². The quantitative estimate of drug-likeness (QED) is 0.0640. The van der Waals surface area contributed by atoms with Crippen molar-refractivity contribution in [3.63, 3.8) is 0 Å². The van der Waals surface area contributed by atoms with Crippen molar-refractivity contribution < 1.29 is 44.7 Å². The maximum Gasteiger partial charge on any atom is 0.266 e. The monoisotopic (exact) mass is 782 g/mol. The fraction of sp³-hybridized carbons (Fsp3) is 0. The van der Waals surface area contributed by atoms with Crippen LogP contribution in [0.3, 0.4) is 0 Å². The third kappa shape index (κ3) is 5.80. The summed E-state index contributed by atoms with van der Waals surface area (Å²) >= 11 is 0. The number of fused-ring (bicyclic) bond motifs is 2. The number of nitrogens with zero attached hydrogens (tertiary/aromatic N) is 2. The van der Waals surface area contributed by atoms with Gasteiger partial charge in [-0.15, -0.1) is 0 Å². The molecule has 0 saturated carbocycles. The Morgan fingerprint density at radius 1 is 0.322 bits per heavy atom. The molecule has 13 nitrogen and oxygen atoms in total. The lowest BCUT2D eigenvalue weighted by atomic mass is 9.96. The molecule has 2 aliphatic rings. The number of anilines is 4. The van der Waals surface area contributed by atoms with Crippen molar-refractivity contribution in [2.45, 2.75) is 0 Å². The van der Waals surface area contributed by atoms with Crippen LogP contribution in [0, 0.1) is 0 Å². The number of nitrogen functional groups attached to an aromatic ring is 2. The highest BCUT2D eigenvalue weighted by atomic mass is 16.3. The molecule has 0 radical (unpaired) electrons. The summed E-state index contributed by atoms with van der Waals surface area (Å²) in [4.78, 5) is 55.6. The number of phenols is 5. The molecule has 2 aliphatic heterocycles. The minimum atomic E-state index is -0.668. The van der Waals surface area contributed by atoms with E-state index < -0.39 is 52.4 Å². The van der Waals surface area contributed by atoms with Gasteiger partial charge in [0, 0.05) is 41.2 Å². The predicted octanol–water partition coefficient (Wildman–Crippen LogP) is 7.65. The maximum atomic E-state index is 13.6. The van der Waals surface area contributed by atoms with Crippen molar-refractivity contribution in [1.82, 2.24) is 0 Å². The molecule has 7 aromatic carbocycles. The first kappa shape index (κ1) is 36.1. The van der Waals surface area contributed by atoms with Gasteiger partial charge in [-0.3, -0.25) is 19.2 Å². The summed E-state index contributed by atoms with van der Waals surface area (Å²) in [6, 6.07) is 32.0. The molecule has 0 aromatic heterocycles. The highest BCUT2D eigenvalue weighted by Gasteiger charge is 2.39. The van der Waals surface area contributed by atoms with Crippen LogP contribution < -0.4 is 21.3 Å². The third-order valence-corrected chi connectivity index (χ3v) is 10.5. The number of hydrogen-bond donors (Lipinski definition) is 7. The number of imide groups is 2. The Kier molecular flexibility index (Phi) is 8.12. The van der Waals surface area contributed by atoms with Crippen molar-refractivity contribution in [1.29, 1.82) is 0 Å². The molecule has 0 saturated heterocycles. The van der Waals surface area contributed by atoms with Crippen LogP contribution in [-0.2, 0) is 0 Å². The van der Waals surface area contributed by atoms with E-state index in [-0.39, 0.29) is 55.9 Å². The van der Waals surface area contributed by atoms with Gasteiger partial charge in [-0.2, -0.15) is 0 Å². The number of hydrogen-bond acceptors (Lipinski definition) is 11. The number of benzene rings is 7. The molecule has 7 aromatic rings. The minimum absolute atomic E-state index is 0.0641. The van der Waals surface area contributed by atoms with Crippen molar-refractivity contribution in [3.05, 3.63) is 150 Å². The largest absolute Gasteiger partial charge is 0.507 e. The van der Waals surface area contributed by atoms with Gasteiger partial charge in [-0.05, 0) is 88.5 Å². The number of carbonyl (C=O) groups is 4. The van der Waals surface area contributed by atoms with Gasteiger partial charge in [0.25, 0.3) is 23.6 Å². The number of rotatable bonds is 6. The summed E-state index contributed by atoms with van der Waals surface area (Å²) in [5, 5.41) is 55.7. The van der Waals surface area contributed by atoms with Crippen molar-refractivity contribution in [2.24, 2.45) is 0 Å². The second-order valence-corrected chi connectivity index (χ2v) is 14.1. The number of phenolic OH excluding ortho intramolecular Hbond substituents is 5. The summed E-state index contributed by atoms with van der Waals surface area (Å²) in [6.07, 6.45) is 0. The van der Waals surface area contributed by atoms with E-state index in [1.165, 1.54) is 30.3 Å². The van der Waals surface area contributed by atoms with Crippen LogP contribution in [0.1, 0.15) is 41.4 Å². The zero-order valence-electron chi connectivity index (χ0n) is 30.5. The van der Waals surface area contributed by atoms with E-state index in [0.717, 1.165) is 45.2 Å². The summed E-state index contributed by atoms with van der Waals surface area (Å²) in [6.45, 7) is 0. The van der Waals surface area contributed by atoms with Crippen LogP contribution in [0.4, 0.5) is 22.7 Å². The Hall–Kier alpha value is -8.58. The third-order valence-electron chi connectivity index (χ3n) is 10.5. The van der Waals surface area contributed by atoms with Crippen LogP contribution in [0.15, 0.2) is 127 Å². The molecule has 59 heavy (non-hydrogen) atoms. The van der Waals surface area contributed by atoms with Crippen LogP contribution in [0.2, 0.25) is 0 Å². The predicted molar refractivity (Wildman–Crippen MR) is 220 cm³/mol. The van der Waals surface area contributed by atoms with Crippen molar-refractivity contribution >= 4 is 46.4 Å². The van der Waals surface area contributed by atoms with Gasteiger partial charge in [0.1, 0.15) is 28.7 Å². The van der Waals surface area contributed by atoms with Gasteiger partial charge in [0.2, 0.25) is 0 Å². The van der Waals surface area contributed by atoms with Gasteiger partial charge in [-0.25, -0.2) is 9.80 Å². The lowest BCUT2D eigenvalue weighted by Crippen LogP contribution is -2.29. The summed E-state index contributed by atoms with van der Waals surface area (Å²) in [5.41, 5.74) is 15.7. The van der Waals surface area contributed by atoms with E-state index >= 15 is 0 Å². The highest BCUT2D eigenvalue weighted by Crippen LogP contribution is 2.49. The van der Waals surface area contributed by atoms with Crippen molar-refractivity contribution in [2.75, 3.05) is 21.3 Å². The summed E-state index contributed by atoms with van der Waals surface area (Å²) in [7, 11) is 0. The Balaban J connectivity index is 0.980. The second kappa shape index (κ2) is 13.3. The molecule has 9 rings (SSSR count). The first-order valence-corrected chi connectivity index (χ1v) is 18.0. The van der Waals surface area contributed by atoms with Gasteiger partial charge in [-0.1, -0.05) is 42.5 Å². The standard InChI is InChI=1S/C46H30N4O9/c47-27-8-1-22(2-9-27)24-5-12-31-34(15-24)45(58)49(43(31)56)29-18-37(52)41(38(53)19-29)26-7-14-33(36(51)17-26)42-39(54)20-30(21-40(42)55)50-44(57)32-13-6-25(16-35(32)46(50)59)23-3-10-28(48)11-4-23/h1-21,51-55H,47-48H2. The molecule has 288 valence electrons. The lowest BCUT2D eigenvalue weighted by Gasteiger charge is -2.18. The molecular formula is C46H30N4O9. The van der Waals surface area contributed by atoms with Crippen LogP contribution >= 0.6 is 0 Å². The topological polar surface area (TPSA) is 228 Å². The lowest BCUT2D eigenvalue weighted by molar-refractivity contribution is 0.0910. The number of aromatic hydroxyl groups is 5. The molecular weight excluding hydrogens is 753 g/mol. The van der Waals surface area contributed by atoms with E-state index in [0.29, 0.717) is 22.5 Å². The summed E-state index contributed by atoms with van der Waals surface area (Å²) in [5.74, 6) is -5.32. The molecule has 0 aliphatic carbocycles. The fourth-order valence-electron chi connectivity index (χ4n) is 7.58. The molecule has 0 unspecified atom stereocenters. The fourth-order valence-corrected chi connectivity index (χ4v) is 7.58. The highest BCUT2D eigenvalue weighted by molar-refractivity contribution is 6.35. The summed E-state index contributed by atoms with van der Waals surface area (Å²) < 4.78 is 0. The van der Waals surface area contributed by atoms with Gasteiger partial charge >= 0.3 is 0 Å². The van der Waals surface area contributed by atoms with E-state index in [9.17, 15) is 44.7 Å². The van der Waals surface area contributed by atoms with Gasteiger partial charge < -0.3 is 37.0 Å². The molecule has 0 atom stereocenters. The average molecular weight is 783 g/mol. The van der Waals surface area contributed by atoms with Crippen molar-refractivity contribution in [3.8, 4) is 73.3 Å². The SMILES string of the molecule is Nc1ccc(-c2ccc3c(c2)C(=O)N(c2cc(O)c(-c4ccc(-c5c(O)cc(N6C(=O)c7ccc(-c8ccc(N)cc8)cc7C6=O)cc5O)c(O)c4)c(O)c2)C3=O)cc1. The van der Waals surface area contributed by atoms with E-state index in [2.05, 4.69) is 0 Å². The average Bonchev–Trinajstić information content (AvgIpc) is 3.61. The smallest absolute Gasteiger partial charge is 0.266 e. The Morgan fingerprint density at radius 3 is 1.07 bits per heavy atom. The van der Waals surface area contributed by atoms with Gasteiger partial charge in [0.15, 0.2) is 0 Å². The minimum Gasteiger partial charge on any atom is -0.507 e. The number of amides is 4. The number of carbonyl (C=O) groups excluding carboxylic acids is 4. The molecule has 0 bridgehead atoms. The number of nitrogens with two attached hydrogens (primary N) is 2. The van der Waals surface area contributed by atoms with Crippen LogP contribution in [0.25, 0.3) is 44.5 Å². The second-order valence-electron chi connectivity index (χ2n) is 14.1. The Bertz CT molecular complexity index is 2950. The van der Waals surface area contributed by atoms with E-state index in [1.807, 2.05) is 0 Å². The molecule has 9 N–H and O–H groups in total. The van der Waals surface area contributed by atoms with Crippen LogP contribution in [-0.4, -0.2) is 49.2 Å². The zero-order chi connectivity index (χ0) is 41.4. The maximum absolute atomic E-state index is 13.6. The van der Waals surface area contributed by atoms with Gasteiger partial charge in [0.05, 0.1) is 44.8 Å². The first-order valence-electron chi connectivity index (χ1n) is 18.0. The first-order chi connectivity index (χ1) is 28.3. The Labute approximate surface area is 334 Å². The normalized spacial score (nSPS) is 13.3. The van der Waals surface area contributed by atoms with Crippen LogP contribution in [0.5, 0.6) is 28.7 Å². The molecule has 2 heterocycles. The molecule has 0 fully saturated rings. The van der Waals surface area contributed by atoms with E-state index in [1.54, 1.807) is 72.8 Å². The molecule has 4 amide bonds.